The van der Waals surface area contributed by atoms with E-state index in [1.165, 1.54) is 19.1 Å². The number of halogens is 2. The second-order valence-corrected chi connectivity index (χ2v) is 9.30. The highest BCUT2D eigenvalue weighted by molar-refractivity contribution is 5.95. The Balaban J connectivity index is 1.31. The molecule has 7 heteroatoms. The minimum atomic E-state index is -2.47. The van der Waals surface area contributed by atoms with Crippen LogP contribution in [0.1, 0.15) is 48.0 Å². The van der Waals surface area contributed by atoms with Gasteiger partial charge in [0.2, 0.25) is 5.92 Å². The number of carbonyl (C=O) groups excluding carboxylic acids is 1. The van der Waals surface area contributed by atoms with Crippen molar-refractivity contribution < 1.29 is 18.3 Å². The number of alkyl halides is 2. The number of anilines is 1. The third kappa shape index (κ3) is 3.59. The molecule has 2 N–H and O–H groups in total. The maximum absolute atomic E-state index is 13.5. The monoisotopic (exact) mass is 427 g/mol. The SMILES string of the molecule is COC(=O)c1cc(-c2ccc([C@@]34C[C@@H]3CN(C3CCC(F)(F)CC3)C4)cc2)cnc1N. The van der Waals surface area contributed by atoms with Crippen LogP contribution in [0.5, 0.6) is 0 Å². The van der Waals surface area contributed by atoms with Crippen LogP contribution in [-0.2, 0) is 10.2 Å². The summed E-state index contributed by atoms with van der Waals surface area (Å²) >= 11 is 0. The Hall–Kier alpha value is -2.54. The van der Waals surface area contributed by atoms with E-state index in [9.17, 15) is 13.6 Å². The summed E-state index contributed by atoms with van der Waals surface area (Å²) in [6.45, 7) is 1.98. The van der Waals surface area contributed by atoms with Gasteiger partial charge in [-0.15, -0.1) is 0 Å². The molecule has 1 aliphatic heterocycles. The first-order valence-electron chi connectivity index (χ1n) is 10.9. The van der Waals surface area contributed by atoms with E-state index in [1.54, 1.807) is 12.3 Å². The average molecular weight is 427 g/mol. The van der Waals surface area contributed by atoms with Gasteiger partial charge in [0, 0.05) is 49.1 Å². The smallest absolute Gasteiger partial charge is 0.341 e. The lowest BCUT2D eigenvalue weighted by Gasteiger charge is -2.36. The molecule has 0 amide bonds. The van der Waals surface area contributed by atoms with E-state index < -0.39 is 11.9 Å². The molecule has 1 saturated heterocycles. The Kier molecular flexibility index (Phi) is 4.77. The van der Waals surface area contributed by atoms with E-state index in [0.717, 1.165) is 24.2 Å². The number of pyridine rings is 1. The van der Waals surface area contributed by atoms with Crippen molar-refractivity contribution in [2.24, 2.45) is 5.92 Å². The normalized spacial score (nSPS) is 27.6. The number of benzene rings is 1. The second kappa shape index (κ2) is 7.26. The number of fused-ring (bicyclic) bond motifs is 1. The van der Waals surface area contributed by atoms with Crippen molar-refractivity contribution in [2.75, 3.05) is 25.9 Å². The molecule has 5 nitrogen and oxygen atoms in total. The molecular weight excluding hydrogens is 400 g/mol. The van der Waals surface area contributed by atoms with Gasteiger partial charge < -0.3 is 10.5 Å². The van der Waals surface area contributed by atoms with Crippen molar-refractivity contribution >= 4 is 11.8 Å². The summed E-state index contributed by atoms with van der Waals surface area (Å²) < 4.78 is 31.8. The molecule has 2 aromatic rings. The zero-order valence-electron chi connectivity index (χ0n) is 17.6. The van der Waals surface area contributed by atoms with Crippen LogP contribution in [0, 0.1) is 5.92 Å². The van der Waals surface area contributed by atoms with Crippen LogP contribution in [0.15, 0.2) is 36.5 Å². The van der Waals surface area contributed by atoms with Crippen LogP contribution >= 0.6 is 0 Å². The molecule has 0 bridgehead atoms. The van der Waals surface area contributed by atoms with Crippen LogP contribution in [0.2, 0.25) is 0 Å². The number of aromatic nitrogens is 1. The third-order valence-corrected chi connectivity index (χ3v) is 7.49. The summed E-state index contributed by atoms with van der Waals surface area (Å²) in [6.07, 6.45) is 4.06. The summed E-state index contributed by atoms with van der Waals surface area (Å²) in [5, 5.41) is 0. The fraction of sp³-hybridized carbons (Fsp3) is 0.500. The summed E-state index contributed by atoms with van der Waals surface area (Å²) in [4.78, 5) is 18.5. The summed E-state index contributed by atoms with van der Waals surface area (Å²) in [5.74, 6) is -2.21. The molecule has 0 spiro atoms. The van der Waals surface area contributed by atoms with Crippen molar-refractivity contribution in [3.8, 4) is 11.1 Å². The molecule has 0 unspecified atom stereocenters. The summed E-state index contributed by atoms with van der Waals surface area (Å²) in [5.41, 5.74) is 9.30. The fourth-order valence-corrected chi connectivity index (χ4v) is 5.54. The highest BCUT2D eigenvalue weighted by Crippen LogP contribution is 2.60. The highest BCUT2D eigenvalue weighted by atomic mass is 19.3. The first-order valence-corrected chi connectivity index (χ1v) is 10.9. The Morgan fingerprint density at radius 2 is 1.90 bits per heavy atom. The molecule has 2 aliphatic carbocycles. The minimum Gasteiger partial charge on any atom is -0.465 e. The fourth-order valence-electron chi connectivity index (χ4n) is 5.54. The maximum atomic E-state index is 13.5. The first-order chi connectivity index (χ1) is 14.8. The quantitative estimate of drug-likeness (QED) is 0.738. The van der Waals surface area contributed by atoms with Gasteiger partial charge in [0.05, 0.1) is 7.11 Å². The largest absolute Gasteiger partial charge is 0.465 e. The van der Waals surface area contributed by atoms with E-state index in [-0.39, 0.29) is 29.6 Å². The molecule has 2 heterocycles. The molecule has 1 aromatic carbocycles. The molecule has 2 atom stereocenters. The van der Waals surface area contributed by atoms with Crippen molar-refractivity contribution in [1.82, 2.24) is 9.88 Å². The number of ether oxygens (including phenoxy) is 1. The second-order valence-electron chi connectivity index (χ2n) is 9.30. The van der Waals surface area contributed by atoms with Crippen LogP contribution < -0.4 is 5.73 Å². The van der Waals surface area contributed by atoms with Gasteiger partial charge in [0.25, 0.3) is 0 Å². The number of carbonyl (C=O) groups is 1. The standard InChI is InChI=1S/C24H27F2N3O2/c1-31-22(30)20-10-16(12-28-21(20)27)15-2-4-17(5-3-15)23-11-18(23)13-29(14-23)19-6-8-24(25,26)9-7-19/h2-5,10,12,18-19H,6-9,11,13-14H2,1H3,(H2,27,28)/t18-,23+/m1/s1. The summed E-state index contributed by atoms with van der Waals surface area (Å²) in [6, 6.07) is 10.4. The number of hydrogen-bond donors (Lipinski definition) is 1. The maximum Gasteiger partial charge on any atom is 0.341 e. The van der Waals surface area contributed by atoms with E-state index in [0.29, 0.717) is 24.8 Å². The van der Waals surface area contributed by atoms with Gasteiger partial charge in [-0.1, -0.05) is 24.3 Å². The lowest BCUT2D eigenvalue weighted by atomic mass is 9.90. The van der Waals surface area contributed by atoms with Crippen molar-refractivity contribution in [3.05, 3.63) is 47.7 Å². The zero-order valence-corrected chi connectivity index (χ0v) is 17.6. The highest BCUT2D eigenvalue weighted by Gasteiger charge is 2.61. The van der Waals surface area contributed by atoms with Gasteiger partial charge in [-0.2, -0.15) is 0 Å². The van der Waals surface area contributed by atoms with Gasteiger partial charge in [0.1, 0.15) is 11.4 Å². The van der Waals surface area contributed by atoms with Crippen LogP contribution in [0.4, 0.5) is 14.6 Å². The lowest BCUT2D eigenvalue weighted by Crippen LogP contribution is -2.41. The number of methoxy groups -OCH3 is 1. The Morgan fingerprint density at radius 3 is 2.58 bits per heavy atom. The number of rotatable bonds is 4. The van der Waals surface area contributed by atoms with Gasteiger partial charge in [-0.3, -0.25) is 4.90 Å². The molecule has 2 saturated carbocycles. The number of piperidine rings is 1. The number of esters is 1. The minimum absolute atomic E-state index is 0.0176. The molecular formula is C24H27F2N3O2. The number of hydrogen-bond acceptors (Lipinski definition) is 5. The number of likely N-dealkylation sites (tertiary alicyclic amines) is 1. The van der Waals surface area contributed by atoms with Crippen molar-refractivity contribution in [3.63, 3.8) is 0 Å². The van der Waals surface area contributed by atoms with Crippen LogP contribution in [0.25, 0.3) is 11.1 Å². The average Bonchev–Trinajstić information content (AvgIpc) is 3.34. The molecule has 5 rings (SSSR count). The molecule has 31 heavy (non-hydrogen) atoms. The van der Waals surface area contributed by atoms with E-state index in [1.807, 2.05) is 0 Å². The predicted molar refractivity (Wildman–Crippen MR) is 114 cm³/mol. The van der Waals surface area contributed by atoms with Crippen LogP contribution in [0.3, 0.4) is 0 Å². The van der Waals surface area contributed by atoms with E-state index in [4.69, 9.17) is 10.5 Å². The molecule has 0 radical (unpaired) electrons. The number of nitrogen functional groups attached to an aromatic ring is 1. The van der Waals surface area contributed by atoms with Gasteiger partial charge in [-0.05, 0) is 42.4 Å². The van der Waals surface area contributed by atoms with Gasteiger partial charge in [0.15, 0.2) is 0 Å². The van der Waals surface area contributed by atoms with Crippen molar-refractivity contribution in [1.29, 1.82) is 0 Å². The van der Waals surface area contributed by atoms with Crippen LogP contribution in [-0.4, -0.2) is 48.0 Å². The Bertz CT molecular complexity index is 1000. The predicted octanol–water partition coefficient (Wildman–Crippen LogP) is 4.27. The molecule has 164 valence electrons. The Morgan fingerprint density at radius 1 is 1.19 bits per heavy atom. The first kappa shape index (κ1) is 20.4. The molecule has 3 aliphatic rings. The Labute approximate surface area is 180 Å². The van der Waals surface area contributed by atoms with Gasteiger partial charge in [-0.25, -0.2) is 18.6 Å². The topological polar surface area (TPSA) is 68.5 Å². The van der Waals surface area contributed by atoms with E-state index in [2.05, 4.69) is 34.1 Å². The van der Waals surface area contributed by atoms with Gasteiger partial charge >= 0.3 is 5.97 Å². The molecule has 1 aromatic heterocycles. The number of nitrogens with two attached hydrogens (primary N) is 1. The third-order valence-electron chi connectivity index (χ3n) is 7.49. The lowest BCUT2D eigenvalue weighted by molar-refractivity contribution is -0.0526. The van der Waals surface area contributed by atoms with Crippen molar-refractivity contribution in [2.45, 2.75) is 49.5 Å². The van der Waals surface area contributed by atoms with E-state index >= 15 is 0 Å². The number of nitrogens with zero attached hydrogens (tertiary/aromatic N) is 2. The summed E-state index contributed by atoms with van der Waals surface area (Å²) in [7, 11) is 1.32. The zero-order chi connectivity index (χ0) is 21.8. The molecule has 3 fully saturated rings.